The SMILES string of the molecule is CCCCCOc1ccc(Br)c(-c2c(Br)cc(OCC)c(F)c2F)c1F. The van der Waals surface area contributed by atoms with Crippen LogP contribution in [0.5, 0.6) is 11.5 Å². The van der Waals surface area contributed by atoms with Crippen molar-refractivity contribution in [2.24, 2.45) is 0 Å². The van der Waals surface area contributed by atoms with Gasteiger partial charge in [0.05, 0.1) is 13.2 Å². The number of unbranched alkanes of at least 4 members (excludes halogenated alkanes) is 2. The first-order chi connectivity index (χ1) is 12.4. The molecule has 2 aromatic carbocycles. The number of rotatable bonds is 8. The van der Waals surface area contributed by atoms with E-state index in [1.165, 1.54) is 12.1 Å². The van der Waals surface area contributed by atoms with Crippen LogP contribution < -0.4 is 9.47 Å². The van der Waals surface area contributed by atoms with Crippen LogP contribution in [0.2, 0.25) is 0 Å². The van der Waals surface area contributed by atoms with Gasteiger partial charge >= 0.3 is 0 Å². The molecule has 2 nitrogen and oxygen atoms in total. The van der Waals surface area contributed by atoms with Gasteiger partial charge in [-0.25, -0.2) is 8.78 Å². The highest BCUT2D eigenvalue weighted by Gasteiger charge is 2.25. The fourth-order valence-electron chi connectivity index (χ4n) is 2.47. The molecule has 0 aliphatic heterocycles. The Bertz CT molecular complexity index is 782. The second-order valence-corrected chi connectivity index (χ2v) is 7.29. The second kappa shape index (κ2) is 9.65. The van der Waals surface area contributed by atoms with E-state index >= 15 is 0 Å². The number of ether oxygens (including phenoxy) is 2. The Morgan fingerprint density at radius 1 is 0.808 bits per heavy atom. The Hall–Kier alpha value is -1.21. The molecule has 0 radical (unpaired) electrons. The largest absolute Gasteiger partial charge is 0.491 e. The minimum Gasteiger partial charge on any atom is -0.491 e. The van der Waals surface area contributed by atoms with Gasteiger partial charge in [-0.05, 0) is 47.5 Å². The molecule has 2 rings (SSSR count). The average molecular weight is 496 g/mol. The van der Waals surface area contributed by atoms with Crippen molar-refractivity contribution >= 4 is 31.9 Å². The summed E-state index contributed by atoms with van der Waals surface area (Å²) in [4.78, 5) is 0. The predicted octanol–water partition coefficient (Wildman–Crippen LogP) is 7.26. The van der Waals surface area contributed by atoms with E-state index < -0.39 is 17.5 Å². The molecule has 0 aromatic heterocycles. The van der Waals surface area contributed by atoms with Crippen LogP contribution in [0.25, 0.3) is 11.1 Å². The van der Waals surface area contributed by atoms with Gasteiger partial charge in [0, 0.05) is 20.1 Å². The normalized spacial score (nSPS) is 10.9. The maximum atomic E-state index is 15.0. The molecule has 2 aromatic rings. The summed E-state index contributed by atoms with van der Waals surface area (Å²) >= 11 is 6.41. The third kappa shape index (κ3) is 4.55. The van der Waals surface area contributed by atoms with E-state index in [-0.39, 0.29) is 33.7 Å². The smallest absolute Gasteiger partial charge is 0.201 e. The maximum Gasteiger partial charge on any atom is 0.201 e. The van der Waals surface area contributed by atoms with Crippen molar-refractivity contribution in [1.82, 2.24) is 0 Å². The zero-order valence-electron chi connectivity index (χ0n) is 14.5. The van der Waals surface area contributed by atoms with Gasteiger partial charge in [0.1, 0.15) is 0 Å². The lowest BCUT2D eigenvalue weighted by Gasteiger charge is -2.16. The highest BCUT2D eigenvalue weighted by atomic mass is 79.9. The Morgan fingerprint density at radius 2 is 1.50 bits per heavy atom. The molecule has 7 heteroatoms. The van der Waals surface area contributed by atoms with Crippen LogP contribution in [0.15, 0.2) is 27.1 Å². The number of hydrogen-bond acceptors (Lipinski definition) is 2. The van der Waals surface area contributed by atoms with Crippen molar-refractivity contribution in [3.05, 3.63) is 44.6 Å². The van der Waals surface area contributed by atoms with E-state index in [1.807, 2.05) is 0 Å². The Labute approximate surface area is 168 Å². The van der Waals surface area contributed by atoms with Crippen molar-refractivity contribution in [2.75, 3.05) is 13.2 Å². The molecular formula is C19H19Br2F3O2. The molecule has 0 heterocycles. The van der Waals surface area contributed by atoms with Crippen molar-refractivity contribution in [1.29, 1.82) is 0 Å². The van der Waals surface area contributed by atoms with Crippen LogP contribution in [-0.2, 0) is 0 Å². The highest BCUT2D eigenvalue weighted by Crippen LogP contribution is 2.43. The predicted molar refractivity (Wildman–Crippen MR) is 103 cm³/mol. The van der Waals surface area contributed by atoms with Gasteiger partial charge in [0.15, 0.2) is 23.1 Å². The lowest BCUT2D eigenvalue weighted by molar-refractivity contribution is 0.292. The molecule has 0 fully saturated rings. The molecular weight excluding hydrogens is 477 g/mol. The first-order valence-electron chi connectivity index (χ1n) is 8.33. The number of hydrogen-bond donors (Lipinski definition) is 0. The molecule has 0 saturated heterocycles. The first kappa shape index (κ1) is 21.1. The van der Waals surface area contributed by atoms with Crippen molar-refractivity contribution in [3.63, 3.8) is 0 Å². The van der Waals surface area contributed by atoms with Gasteiger partial charge < -0.3 is 9.47 Å². The number of halogens is 5. The van der Waals surface area contributed by atoms with Crippen LogP contribution in [0.4, 0.5) is 13.2 Å². The summed E-state index contributed by atoms with van der Waals surface area (Å²) in [5.74, 6) is -3.33. The van der Waals surface area contributed by atoms with Gasteiger partial charge in [-0.15, -0.1) is 0 Å². The highest BCUT2D eigenvalue weighted by molar-refractivity contribution is 9.11. The summed E-state index contributed by atoms with van der Waals surface area (Å²) in [6.45, 7) is 4.25. The lowest BCUT2D eigenvalue weighted by Crippen LogP contribution is -2.03. The molecule has 0 saturated carbocycles. The summed E-state index contributed by atoms with van der Waals surface area (Å²) in [6, 6.07) is 4.30. The second-order valence-electron chi connectivity index (χ2n) is 5.58. The van der Waals surface area contributed by atoms with Crippen LogP contribution in [0, 0.1) is 17.5 Å². The average Bonchev–Trinajstić information content (AvgIpc) is 2.61. The van der Waals surface area contributed by atoms with Gasteiger partial charge in [0.2, 0.25) is 5.82 Å². The van der Waals surface area contributed by atoms with E-state index in [4.69, 9.17) is 9.47 Å². The molecule has 0 N–H and O–H groups in total. The fraction of sp³-hybridized carbons (Fsp3) is 0.368. The van der Waals surface area contributed by atoms with E-state index in [0.29, 0.717) is 11.1 Å². The van der Waals surface area contributed by atoms with Crippen LogP contribution in [0.3, 0.4) is 0 Å². The van der Waals surface area contributed by atoms with Gasteiger partial charge in [-0.3, -0.25) is 0 Å². The van der Waals surface area contributed by atoms with E-state index in [9.17, 15) is 13.2 Å². The van der Waals surface area contributed by atoms with Crippen molar-refractivity contribution < 1.29 is 22.6 Å². The molecule has 0 atom stereocenters. The molecule has 0 bridgehead atoms. The van der Waals surface area contributed by atoms with Gasteiger partial charge in [-0.1, -0.05) is 35.7 Å². The minimum absolute atomic E-state index is 0.0000963. The molecule has 26 heavy (non-hydrogen) atoms. The topological polar surface area (TPSA) is 18.5 Å². The van der Waals surface area contributed by atoms with Crippen LogP contribution in [-0.4, -0.2) is 13.2 Å². The van der Waals surface area contributed by atoms with Crippen molar-refractivity contribution in [2.45, 2.75) is 33.1 Å². The maximum absolute atomic E-state index is 15.0. The van der Waals surface area contributed by atoms with E-state index in [1.54, 1.807) is 13.0 Å². The summed E-state index contributed by atoms with van der Waals surface area (Å²) in [5, 5.41) is 0. The molecule has 0 spiro atoms. The van der Waals surface area contributed by atoms with E-state index in [2.05, 4.69) is 38.8 Å². The minimum atomic E-state index is -1.19. The van der Waals surface area contributed by atoms with Gasteiger partial charge in [-0.2, -0.15) is 4.39 Å². The molecule has 0 amide bonds. The Balaban J connectivity index is 2.50. The van der Waals surface area contributed by atoms with Gasteiger partial charge in [0.25, 0.3) is 0 Å². The standard InChI is InChI=1S/C19H19Br2F3O2/c1-3-5-6-9-26-13-8-7-11(20)15(17(13)22)16-12(21)10-14(25-4-2)18(23)19(16)24/h7-8,10H,3-6,9H2,1-2H3. The fourth-order valence-corrected chi connectivity index (χ4v) is 3.56. The number of benzene rings is 2. The summed E-state index contributed by atoms with van der Waals surface area (Å²) < 4.78 is 54.9. The molecule has 0 aliphatic carbocycles. The zero-order chi connectivity index (χ0) is 19.3. The Morgan fingerprint density at radius 3 is 2.15 bits per heavy atom. The third-order valence-electron chi connectivity index (χ3n) is 3.74. The summed E-state index contributed by atoms with van der Waals surface area (Å²) in [7, 11) is 0. The lowest BCUT2D eigenvalue weighted by atomic mass is 10.0. The first-order valence-corrected chi connectivity index (χ1v) is 9.92. The Kier molecular flexibility index (Phi) is 7.83. The van der Waals surface area contributed by atoms with Crippen molar-refractivity contribution in [3.8, 4) is 22.6 Å². The molecule has 0 aliphatic rings. The summed E-state index contributed by atoms with van der Waals surface area (Å²) in [6.07, 6.45) is 2.77. The monoisotopic (exact) mass is 494 g/mol. The quantitative estimate of drug-likeness (QED) is 0.283. The third-order valence-corrected chi connectivity index (χ3v) is 5.02. The summed E-state index contributed by atoms with van der Waals surface area (Å²) in [5.41, 5.74) is -0.335. The molecule has 142 valence electrons. The van der Waals surface area contributed by atoms with Crippen LogP contribution in [0.1, 0.15) is 33.1 Å². The van der Waals surface area contributed by atoms with E-state index in [0.717, 1.165) is 19.3 Å². The zero-order valence-corrected chi connectivity index (χ0v) is 17.6. The van der Waals surface area contributed by atoms with Crippen LogP contribution >= 0.6 is 31.9 Å². The molecule has 0 unspecified atom stereocenters.